The van der Waals surface area contributed by atoms with E-state index in [1.807, 2.05) is 6.92 Å². The highest BCUT2D eigenvalue weighted by Gasteiger charge is 2.15. The minimum absolute atomic E-state index is 0.0358. The number of benzene rings is 1. The van der Waals surface area contributed by atoms with Crippen molar-refractivity contribution < 1.29 is 19.8 Å². The zero-order chi connectivity index (χ0) is 14.0. The molecule has 5 heteroatoms. The molecule has 2 N–H and O–H groups in total. The predicted octanol–water partition coefficient (Wildman–Crippen LogP) is 1.71. The fourth-order valence-electron chi connectivity index (χ4n) is 2.33. The van der Waals surface area contributed by atoms with Crippen LogP contribution in [-0.4, -0.2) is 33.6 Å². The van der Waals surface area contributed by atoms with Gasteiger partial charge in [-0.05, 0) is 24.1 Å². The minimum atomic E-state index is -1.01. The molecule has 0 amide bonds. The van der Waals surface area contributed by atoms with Gasteiger partial charge in [-0.1, -0.05) is 6.92 Å². The molecule has 100 valence electrons. The largest absolute Gasteiger partial charge is 0.478 e. The maximum atomic E-state index is 11.1. The molecule has 0 saturated carbocycles. The number of hydrogen-bond donors (Lipinski definition) is 2. The lowest BCUT2D eigenvalue weighted by Gasteiger charge is -2.08. The molecule has 2 aromatic rings. The molecule has 2 rings (SSSR count). The minimum Gasteiger partial charge on any atom is -0.478 e. The van der Waals surface area contributed by atoms with E-state index in [0.717, 1.165) is 11.1 Å². The molecule has 0 aliphatic rings. The van der Waals surface area contributed by atoms with Gasteiger partial charge in [-0.25, -0.2) is 4.79 Å². The van der Waals surface area contributed by atoms with Crippen LogP contribution in [0.5, 0.6) is 0 Å². The molecule has 1 aromatic carbocycles. The van der Waals surface area contributed by atoms with Gasteiger partial charge in [-0.15, -0.1) is 0 Å². The molecular weight excluding hydrogens is 246 g/mol. The second-order valence-electron chi connectivity index (χ2n) is 4.31. The summed E-state index contributed by atoms with van der Waals surface area (Å²) >= 11 is 0. The highest BCUT2D eigenvalue weighted by molar-refractivity contribution is 6.02. The zero-order valence-corrected chi connectivity index (χ0v) is 10.6. The van der Waals surface area contributed by atoms with E-state index in [1.165, 1.54) is 6.07 Å². The molecular formula is C14H15NO4. The van der Waals surface area contributed by atoms with Crippen LogP contribution in [0.15, 0.2) is 18.3 Å². The summed E-state index contributed by atoms with van der Waals surface area (Å²) in [5.74, 6) is -1.01. The molecule has 19 heavy (non-hydrogen) atoms. The van der Waals surface area contributed by atoms with Crippen LogP contribution in [0.2, 0.25) is 0 Å². The molecule has 0 atom stereocenters. The van der Waals surface area contributed by atoms with Gasteiger partial charge >= 0.3 is 5.97 Å². The van der Waals surface area contributed by atoms with Crippen LogP contribution in [0.3, 0.4) is 0 Å². The quantitative estimate of drug-likeness (QED) is 0.803. The lowest BCUT2D eigenvalue weighted by molar-refractivity contribution is 0.0696. The monoisotopic (exact) mass is 261 g/mol. The van der Waals surface area contributed by atoms with Gasteiger partial charge in [0.15, 0.2) is 6.29 Å². The van der Waals surface area contributed by atoms with Crippen molar-refractivity contribution in [2.45, 2.75) is 19.9 Å². The van der Waals surface area contributed by atoms with Crippen molar-refractivity contribution in [3.05, 3.63) is 35.0 Å². The number of hydrogen-bond acceptors (Lipinski definition) is 3. The van der Waals surface area contributed by atoms with E-state index in [-0.39, 0.29) is 12.2 Å². The van der Waals surface area contributed by atoms with Crippen LogP contribution in [-0.2, 0) is 13.0 Å². The van der Waals surface area contributed by atoms with Gasteiger partial charge in [0.2, 0.25) is 0 Å². The highest BCUT2D eigenvalue weighted by atomic mass is 16.4. The first-order valence-electron chi connectivity index (χ1n) is 6.07. The van der Waals surface area contributed by atoms with Crippen LogP contribution in [0.1, 0.15) is 33.2 Å². The van der Waals surface area contributed by atoms with E-state index < -0.39 is 5.97 Å². The number of carbonyl (C=O) groups excluding carboxylic acids is 1. The van der Waals surface area contributed by atoms with Gasteiger partial charge in [-0.3, -0.25) is 4.79 Å². The summed E-state index contributed by atoms with van der Waals surface area (Å²) < 4.78 is 1.80. The van der Waals surface area contributed by atoms with Crippen molar-refractivity contribution >= 4 is 23.2 Å². The average Bonchev–Trinajstić information content (AvgIpc) is 2.76. The standard InChI is InChI=1S/C14H15NO4/c1-2-9-5-10(14(18)19)6-12-11(8-17)7-15(3-4-16)13(9)12/h5-8,16H,2-4H2,1H3,(H,18,19). The predicted molar refractivity (Wildman–Crippen MR) is 70.7 cm³/mol. The molecule has 1 aromatic heterocycles. The van der Waals surface area contributed by atoms with Crippen LogP contribution in [0.25, 0.3) is 10.9 Å². The van der Waals surface area contributed by atoms with Crippen molar-refractivity contribution in [3.8, 4) is 0 Å². The molecule has 1 heterocycles. The zero-order valence-electron chi connectivity index (χ0n) is 10.6. The Morgan fingerprint density at radius 3 is 2.68 bits per heavy atom. The second kappa shape index (κ2) is 5.24. The first-order chi connectivity index (χ1) is 9.12. The normalized spacial score (nSPS) is 10.8. The van der Waals surface area contributed by atoms with Gasteiger partial charge in [0.1, 0.15) is 0 Å². The summed E-state index contributed by atoms with van der Waals surface area (Å²) in [5, 5.41) is 18.8. The summed E-state index contributed by atoms with van der Waals surface area (Å²) in [7, 11) is 0. The molecule has 0 saturated heterocycles. The van der Waals surface area contributed by atoms with Gasteiger partial charge in [0.05, 0.1) is 17.7 Å². The van der Waals surface area contributed by atoms with Gasteiger partial charge < -0.3 is 14.8 Å². The van der Waals surface area contributed by atoms with Crippen molar-refractivity contribution in [2.75, 3.05) is 6.61 Å². The summed E-state index contributed by atoms with van der Waals surface area (Å²) in [6.45, 7) is 2.27. The first kappa shape index (κ1) is 13.3. The summed E-state index contributed by atoms with van der Waals surface area (Å²) in [6, 6.07) is 3.13. The van der Waals surface area contributed by atoms with Crippen molar-refractivity contribution in [2.24, 2.45) is 0 Å². The Hall–Kier alpha value is -2.14. The number of aldehydes is 1. The summed E-state index contributed by atoms with van der Waals surface area (Å²) in [4.78, 5) is 22.2. The third-order valence-electron chi connectivity index (χ3n) is 3.18. The van der Waals surface area contributed by atoms with Crippen LogP contribution in [0.4, 0.5) is 0 Å². The fraction of sp³-hybridized carbons (Fsp3) is 0.286. The lowest BCUT2D eigenvalue weighted by Crippen LogP contribution is -2.03. The Bertz CT molecular complexity index is 642. The lowest BCUT2D eigenvalue weighted by atomic mass is 10.0. The molecule has 0 aliphatic heterocycles. The van der Waals surface area contributed by atoms with E-state index in [2.05, 4.69) is 0 Å². The number of fused-ring (bicyclic) bond motifs is 1. The van der Waals surface area contributed by atoms with E-state index in [4.69, 9.17) is 10.2 Å². The smallest absolute Gasteiger partial charge is 0.335 e. The Morgan fingerprint density at radius 2 is 2.16 bits per heavy atom. The Morgan fingerprint density at radius 1 is 1.42 bits per heavy atom. The molecule has 0 unspecified atom stereocenters. The van der Waals surface area contributed by atoms with Gasteiger partial charge in [-0.2, -0.15) is 0 Å². The molecule has 5 nitrogen and oxygen atoms in total. The average molecular weight is 261 g/mol. The first-order valence-corrected chi connectivity index (χ1v) is 6.07. The SMILES string of the molecule is CCc1cc(C(=O)O)cc2c(C=O)cn(CCO)c12. The maximum Gasteiger partial charge on any atom is 0.335 e. The number of aromatic carboxylic acids is 1. The third-order valence-corrected chi connectivity index (χ3v) is 3.18. The number of aliphatic hydroxyl groups excluding tert-OH is 1. The molecule has 0 aliphatic carbocycles. The topological polar surface area (TPSA) is 79.5 Å². The molecule has 0 bridgehead atoms. The number of rotatable bonds is 5. The number of carbonyl (C=O) groups is 2. The maximum absolute atomic E-state index is 11.1. The van der Waals surface area contributed by atoms with Crippen LogP contribution < -0.4 is 0 Å². The summed E-state index contributed by atoms with van der Waals surface area (Å²) in [5.41, 5.74) is 2.30. The van der Waals surface area contributed by atoms with Gasteiger partial charge in [0, 0.05) is 23.7 Å². The van der Waals surface area contributed by atoms with Crippen molar-refractivity contribution in [3.63, 3.8) is 0 Å². The van der Waals surface area contributed by atoms with E-state index in [1.54, 1.807) is 16.8 Å². The number of aliphatic hydroxyl groups is 1. The molecule has 0 radical (unpaired) electrons. The van der Waals surface area contributed by atoms with Gasteiger partial charge in [0.25, 0.3) is 0 Å². The number of aromatic nitrogens is 1. The molecule has 0 fully saturated rings. The molecule has 0 spiro atoms. The van der Waals surface area contributed by atoms with E-state index in [0.29, 0.717) is 30.2 Å². The Labute approximate surface area is 110 Å². The number of nitrogens with zero attached hydrogens (tertiary/aromatic N) is 1. The van der Waals surface area contributed by atoms with Crippen molar-refractivity contribution in [1.82, 2.24) is 4.57 Å². The van der Waals surface area contributed by atoms with E-state index >= 15 is 0 Å². The van der Waals surface area contributed by atoms with Crippen LogP contribution in [0, 0.1) is 0 Å². The summed E-state index contributed by atoms with van der Waals surface area (Å²) in [6.07, 6.45) is 3.02. The van der Waals surface area contributed by atoms with Crippen molar-refractivity contribution in [1.29, 1.82) is 0 Å². The highest BCUT2D eigenvalue weighted by Crippen LogP contribution is 2.26. The van der Waals surface area contributed by atoms with Crippen LogP contribution >= 0.6 is 0 Å². The number of carboxylic acid groups (broad SMARTS) is 1. The van der Waals surface area contributed by atoms with E-state index in [9.17, 15) is 9.59 Å². The number of carboxylic acids is 1. The fourth-order valence-corrected chi connectivity index (χ4v) is 2.33. The Balaban J connectivity index is 2.81. The number of aryl methyl sites for hydroxylation is 1. The second-order valence-corrected chi connectivity index (χ2v) is 4.31. The Kier molecular flexibility index (Phi) is 3.66. The third kappa shape index (κ3) is 2.24.